The van der Waals surface area contributed by atoms with E-state index < -0.39 is 15.8 Å². The lowest BCUT2D eigenvalue weighted by Gasteiger charge is -2.11. The molecule has 0 saturated carbocycles. The number of hydrogen-bond donors (Lipinski definition) is 3. The van der Waals surface area contributed by atoms with Crippen molar-refractivity contribution in [1.82, 2.24) is 5.32 Å². The average Bonchev–Trinajstić information content (AvgIpc) is 2.80. The fourth-order valence-corrected chi connectivity index (χ4v) is 4.33. The van der Waals surface area contributed by atoms with Crippen LogP contribution < -0.4 is 15.4 Å². The number of nitrogens with one attached hydrogen (secondary N) is 3. The van der Waals surface area contributed by atoms with Crippen LogP contribution in [0.2, 0.25) is 0 Å². The van der Waals surface area contributed by atoms with Gasteiger partial charge in [-0.2, -0.15) is 0 Å². The van der Waals surface area contributed by atoms with Crippen molar-refractivity contribution in [2.24, 2.45) is 0 Å². The Labute approximate surface area is 198 Å². The van der Waals surface area contributed by atoms with Gasteiger partial charge >= 0.3 is 0 Å². The van der Waals surface area contributed by atoms with Crippen LogP contribution in [0.1, 0.15) is 41.3 Å². The van der Waals surface area contributed by atoms with Crippen molar-refractivity contribution in [3.63, 3.8) is 0 Å². The average molecular weight is 484 g/mol. The highest BCUT2D eigenvalue weighted by atomic mass is 32.2. The molecule has 3 N–H and O–H groups in total. The maximum atomic E-state index is 13.4. The second-order valence-electron chi connectivity index (χ2n) is 7.78. The van der Waals surface area contributed by atoms with Crippen LogP contribution in [-0.4, -0.2) is 20.2 Å². The van der Waals surface area contributed by atoms with Gasteiger partial charge < -0.3 is 10.6 Å². The molecule has 0 spiro atoms. The smallest absolute Gasteiger partial charge is 0.261 e. The van der Waals surface area contributed by atoms with Crippen LogP contribution in [-0.2, 0) is 21.4 Å². The summed E-state index contributed by atoms with van der Waals surface area (Å²) in [5, 5.41) is 5.62. The van der Waals surface area contributed by atoms with Gasteiger partial charge in [-0.1, -0.05) is 19.1 Å². The number of carbonyl (C=O) groups is 2. The second-order valence-corrected chi connectivity index (χ2v) is 9.46. The zero-order valence-electron chi connectivity index (χ0n) is 18.9. The van der Waals surface area contributed by atoms with Crippen LogP contribution in [0.3, 0.4) is 0 Å². The minimum Gasteiger partial charge on any atom is -0.348 e. The molecule has 3 aromatic rings. The molecule has 9 heteroatoms. The fraction of sp³-hybridized carbons (Fsp3) is 0.200. The summed E-state index contributed by atoms with van der Waals surface area (Å²) in [5.74, 6) is -0.875. The molecular weight excluding hydrogens is 457 g/mol. The number of amides is 2. The van der Waals surface area contributed by atoms with Crippen LogP contribution in [0.4, 0.5) is 15.8 Å². The Morgan fingerprint density at radius 2 is 1.68 bits per heavy atom. The highest BCUT2D eigenvalue weighted by Gasteiger charge is 2.16. The highest BCUT2D eigenvalue weighted by Crippen LogP contribution is 2.19. The number of carbonyl (C=O) groups excluding carboxylic acids is 2. The first kappa shape index (κ1) is 24.9. The highest BCUT2D eigenvalue weighted by molar-refractivity contribution is 7.92. The van der Waals surface area contributed by atoms with E-state index in [-0.39, 0.29) is 34.5 Å². The monoisotopic (exact) mass is 483 g/mol. The molecular formula is C25H26FN3O4S. The summed E-state index contributed by atoms with van der Waals surface area (Å²) in [6.07, 6.45) is 1.20. The van der Waals surface area contributed by atoms with Gasteiger partial charge in [0.25, 0.3) is 15.9 Å². The summed E-state index contributed by atoms with van der Waals surface area (Å²) in [4.78, 5) is 24.2. The minimum absolute atomic E-state index is 0.0543. The summed E-state index contributed by atoms with van der Waals surface area (Å²) in [7, 11) is -3.90. The van der Waals surface area contributed by atoms with E-state index in [1.54, 1.807) is 18.2 Å². The molecule has 2 amide bonds. The van der Waals surface area contributed by atoms with E-state index in [2.05, 4.69) is 15.4 Å². The lowest BCUT2D eigenvalue weighted by Crippen LogP contribution is -2.23. The van der Waals surface area contributed by atoms with Crippen LogP contribution in [0.25, 0.3) is 0 Å². The summed E-state index contributed by atoms with van der Waals surface area (Å²) in [6.45, 7) is 3.68. The quantitative estimate of drug-likeness (QED) is 0.414. The molecule has 0 unspecified atom stereocenters. The van der Waals surface area contributed by atoms with Crippen molar-refractivity contribution in [3.8, 4) is 0 Å². The molecule has 0 radical (unpaired) electrons. The van der Waals surface area contributed by atoms with E-state index in [9.17, 15) is 22.4 Å². The Kier molecular flexibility index (Phi) is 8.01. The Morgan fingerprint density at radius 1 is 0.941 bits per heavy atom. The molecule has 0 heterocycles. The SMILES string of the molecule is CCCC(=O)Nc1cccc(CNC(=O)c2ccc(NS(=O)(=O)c3ccc(F)c(C)c3)cc2)c1. The number of sulfonamides is 1. The lowest BCUT2D eigenvalue weighted by atomic mass is 10.1. The maximum Gasteiger partial charge on any atom is 0.261 e. The minimum atomic E-state index is -3.90. The normalized spacial score (nSPS) is 11.0. The number of benzene rings is 3. The van der Waals surface area contributed by atoms with E-state index >= 15 is 0 Å². The van der Waals surface area contributed by atoms with Gasteiger partial charge in [-0.15, -0.1) is 0 Å². The van der Waals surface area contributed by atoms with Gasteiger partial charge in [0.1, 0.15) is 5.82 Å². The van der Waals surface area contributed by atoms with Crippen molar-refractivity contribution in [1.29, 1.82) is 0 Å². The van der Waals surface area contributed by atoms with Gasteiger partial charge in [-0.3, -0.25) is 14.3 Å². The lowest BCUT2D eigenvalue weighted by molar-refractivity contribution is -0.116. The summed E-state index contributed by atoms with van der Waals surface area (Å²) >= 11 is 0. The molecule has 3 aromatic carbocycles. The third-order valence-corrected chi connectivity index (χ3v) is 6.36. The number of rotatable bonds is 9. The number of hydrogen-bond acceptors (Lipinski definition) is 4. The number of aryl methyl sites for hydroxylation is 1. The Balaban J connectivity index is 1.60. The fourth-order valence-electron chi connectivity index (χ4n) is 3.18. The Morgan fingerprint density at radius 3 is 2.35 bits per heavy atom. The zero-order chi connectivity index (χ0) is 24.7. The number of halogens is 1. The molecule has 0 aliphatic heterocycles. The van der Waals surface area contributed by atoms with E-state index in [1.807, 2.05) is 13.0 Å². The predicted molar refractivity (Wildman–Crippen MR) is 130 cm³/mol. The van der Waals surface area contributed by atoms with Crippen molar-refractivity contribution in [3.05, 3.63) is 89.2 Å². The van der Waals surface area contributed by atoms with Gasteiger partial charge in [0, 0.05) is 29.9 Å². The van der Waals surface area contributed by atoms with Crippen molar-refractivity contribution in [2.75, 3.05) is 10.0 Å². The standard InChI is InChI=1S/C25H26FN3O4S/c1-3-5-24(30)28-21-7-4-6-18(15-21)16-27-25(31)19-8-10-20(11-9-19)29-34(32,33)22-12-13-23(26)17(2)14-22/h4,6-15,29H,3,5,16H2,1-2H3,(H,27,31)(H,28,30). The van der Waals surface area contributed by atoms with Crippen molar-refractivity contribution >= 4 is 33.2 Å². The summed E-state index contributed by atoms with van der Waals surface area (Å²) < 4.78 is 40.9. The van der Waals surface area contributed by atoms with Crippen LogP contribution in [0.5, 0.6) is 0 Å². The largest absolute Gasteiger partial charge is 0.348 e. The van der Waals surface area contributed by atoms with Crippen molar-refractivity contribution < 1.29 is 22.4 Å². The van der Waals surface area contributed by atoms with Crippen molar-refractivity contribution in [2.45, 2.75) is 38.1 Å². The molecule has 178 valence electrons. The second kappa shape index (κ2) is 10.9. The topological polar surface area (TPSA) is 104 Å². The maximum absolute atomic E-state index is 13.4. The first-order valence-electron chi connectivity index (χ1n) is 10.7. The molecule has 0 aliphatic rings. The summed E-state index contributed by atoms with van der Waals surface area (Å²) in [6, 6.07) is 16.7. The third kappa shape index (κ3) is 6.64. The van der Waals surface area contributed by atoms with Crippen LogP contribution >= 0.6 is 0 Å². The van der Waals surface area contributed by atoms with E-state index in [1.165, 1.54) is 43.3 Å². The Hall–Kier alpha value is -3.72. The zero-order valence-corrected chi connectivity index (χ0v) is 19.7. The number of anilines is 2. The van der Waals surface area contributed by atoms with Gasteiger partial charge in [-0.05, 0) is 79.1 Å². The molecule has 3 rings (SSSR count). The van der Waals surface area contributed by atoms with E-state index in [4.69, 9.17) is 0 Å². The first-order chi connectivity index (χ1) is 16.2. The van der Waals surface area contributed by atoms with Gasteiger partial charge in [0.15, 0.2) is 0 Å². The first-order valence-corrected chi connectivity index (χ1v) is 12.2. The Bertz CT molecular complexity index is 1290. The molecule has 34 heavy (non-hydrogen) atoms. The van der Waals surface area contributed by atoms with E-state index in [0.717, 1.165) is 18.1 Å². The predicted octanol–water partition coefficient (Wildman–Crippen LogP) is 4.60. The van der Waals surface area contributed by atoms with E-state index in [0.29, 0.717) is 17.7 Å². The van der Waals surface area contributed by atoms with Gasteiger partial charge in [-0.25, -0.2) is 12.8 Å². The molecule has 7 nitrogen and oxygen atoms in total. The molecule has 0 aromatic heterocycles. The van der Waals surface area contributed by atoms with Gasteiger partial charge in [0.05, 0.1) is 4.90 Å². The van der Waals surface area contributed by atoms with Crippen LogP contribution in [0.15, 0.2) is 71.6 Å². The van der Waals surface area contributed by atoms with Crippen LogP contribution in [0, 0.1) is 12.7 Å². The third-order valence-electron chi connectivity index (χ3n) is 4.98. The molecule has 0 atom stereocenters. The van der Waals surface area contributed by atoms with Gasteiger partial charge in [0.2, 0.25) is 5.91 Å². The molecule has 0 aliphatic carbocycles. The molecule has 0 saturated heterocycles. The molecule has 0 bridgehead atoms. The summed E-state index contributed by atoms with van der Waals surface area (Å²) in [5.41, 5.74) is 2.34. The molecule has 0 fully saturated rings.